The summed E-state index contributed by atoms with van der Waals surface area (Å²) in [6.07, 6.45) is -4.32. The summed E-state index contributed by atoms with van der Waals surface area (Å²) in [5.41, 5.74) is 10.7. The summed E-state index contributed by atoms with van der Waals surface area (Å²) in [4.78, 5) is 10.7. The van der Waals surface area contributed by atoms with E-state index in [1.165, 1.54) is 18.2 Å². The molecule has 16 heavy (non-hydrogen) atoms. The molecule has 4 nitrogen and oxygen atoms in total. The van der Waals surface area contributed by atoms with Gasteiger partial charge in [-0.2, -0.15) is 13.2 Å². The summed E-state index contributed by atoms with van der Waals surface area (Å²) in [5, 5.41) is 2.12. The number of rotatable bonds is 3. The Morgan fingerprint density at radius 1 is 1.38 bits per heavy atom. The molecule has 0 saturated carbocycles. The number of nitrogens with one attached hydrogen (secondary N) is 1. The molecule has 0 unspecified atom stereocenters. The summed E-state index contributed by atoms with van der Waals surface area (Å²) < 4.78 is 35.7. The van der Waals surface area contributed by atoms with Gasteiger partial charge in [0, 0.05) is 5.56 Å². The number of benzene rings is 1. The molecule has 0 aliphatic rings. The summed E-state index contributed by atoms with van der Waals surface area (Å²) >= 11 is 0. The van der Waals surface area contributed by atoms with Crippen molar-refractivity contribution in [3.05, 3.63) is 23.8 Å². The number of hydrogen-bond acceptors (Lipinski definition) is 3. The molecule has 0 atom stereocenters. The highest BCUT2D eigenvalue weighted by Crippen LogP contribution is 2.22. The van der Waals surface area contributed by atoms with Gasteiger partial charge in [0.05, 0.1) is 11.4 Å². The van der Waals surface area contributed by atoms with Gasteiger partial charge in [-0.3, -0.25) is 4.79 Å². The lowest BCUT2D eigenvalue weighted by molar-refractivity contribution is -0.115. The highest BCUT2D eigenvalue weighted by atomic mass is 19.4. The summed E-state index contributed by atoms with van der Waals surface area (Å²) in [5.74, 6) is -0.686. The van der Waals surface area contributed by atoms with E-state index >= 15 is 0 Å². The normalized spacial score (nSPS) is 11.2. The van der Waals surface area contributed by atoms with Crippen molar-refractivity contribution in [2.75, 3.05) is 17.6 Å². The topological polar surface area (TPSA) is 81.1 Å². The Labute approximate surface area is 89.4 Å². The largest absolute Gasteiger partial charge is 0.405 e. The molecule has 1 rings (SSSR count). The molecule has 0 saturated heterocycles. The van der Waals surface area contributed by atoms with Gasteiger partial charge in [0.1, 0.15) is 6.54 Å². The van der Waals surface area contributed by atoms with Gasteiger partial charge in [0.25, 0.3) is 0 Å². The van der Waals surface area contributed by atoms with Crippen molar-refractivity contribution in [1.29, 1.82) is 0 Å². The zero-order valence-corrected chi connectivity index (χ0v) is 8.14. The number of alkyl halides is 3. The highest BCUT2D eigenvalue weighted by Gasteiger charge is 2.26. The first kappa shape index (κ1) is 12.2. The molecule has 0 aliphatic heterocycles. The van der Waals surface area contributed by atoms with Crippen LogP contribution in [-0.4, -0.2) is 18.6 Å². The van der Waals surface area contributed by atoms with Gasteiger partial charge in [-0.1, -0.05) is 0 Å². The van der Waals surface area contributed by atoms with Crippen LogP contribution >= 0.6 is 0 Å². The predicted molar refractivity (Wildman–Crippen MR) is 53.9 cm³/mol. The van der Waals surface area contributed by atoms with Crippen molar-refractivity contribution in [3.8, 4) is 0 Å². The molecule has 0 bridgehead atoms. The average Bonchev–Trinajstić information content (AvgIpc) is 2.14. The quantitative estimate of drug-likeness (QED) is 0.689. The van der Waals surface area contributed by atoms with E-state index in [0.717, 1.165) is 0 Å². The Kier molecular flexibility index (Phi) is 3.26. The standard InChI is InChI=1S/C9H10F3N3O/c10-9(11,12)4-15-7-2-1-5(8(14)16)3-6(7)13/h1-3,15H,4,13H2,(H2,14,16). The fraction of sp³-hybridized carbons (Fsp3) is 0.222. The van der Waals surface area contributed by atoms with Crippen LogP contribution < -0.4 is 16.8 Å². The lowest BCUT2D eigenvalue weighted by atomic mass is 10.1. The van der Waals surface area contributed by atoms with Gasteiger partial charge < -0.3 is 16.8 Å². The number of nitrogens with two attached hydrogens (primary N) is 2. The molecule has 0 aromatic heterocycles. The van der Waals surface area contributed by atoms with Crippen molar-refractivity contribution >= 4 is 17.3 Å². The van der Waals surface area contributed by atoms with Gasteiger partial charge in [-0.25, -0.2) is 0 Å². The first-order valence-electron chi connectivity index (χ1n) is 4.29. The molecule has 0 aliphatic carbocycles. The van der Waals surface area contributed by atoms with Crippen LogP contribution in [0.5, 0.6) is 0 Å². The molecule has 1 amide bonds. The molecule has 0 heterocycles. The van der Waals surface area contributed by atoms with Crippen LogP contribution in [0, 0.1) is 0 Å². The second kappa shape index (κ2) is 4.30. The lowest BCUT2D eigenvalue weighted by Gasteiger charge is -2.11. The van der Waals surface area contributed by atoms with E-state index in [9.17, 15) is 18.0 Å². The molecule has 0 spiro atoms. The number of anilines is 2. The van der Waals surface area contributed by atoms with E-state index in [1.807, 2.05) is 0 Å². The zero-order chi connectivity index (χ0) is 12.3. The van der Waals surface area contributed by atoms with Crippen LogP contribution in [0.25, 0.3) is 0 Å². The van der Waals surface area contributed by atoms with Crippen molar-refractivity contribution in [2.45, 2.75) is 6.18 Å². The Morgan fingerprint density at radius 2 is 2.00 bits per heavy atom. The average molecular weight is 233 g/mol. The van der Waals surface area contributed by atoms with Crippen molar-refractivity contribution in [1.82, 2.24) is 0 Å². The molecular formula is C9H10F3N3O. The Balaban J connectivity index is 2.80. The fourth-order valence-corrected chi connectivity index (χ4v) is 1.07. The maximum absolute atomic E-state index is 11.9. The van der Waals surface area contributed by atoms with E-state index < -0.39 is 18.6 Å². The van der Waals surface area contributed by atoms with E-state index in [4.69, 9.17) is 11.5 Å². The van der Waals surface area contributed by atoms with Crippen molar-refractivity contribution in [3.63, 3.8) is 0 Å². The van der Waals surface area contributed by atoms with Gasteiger partial charge in [-0.05, 0) is 18.2 Å². The molecule has 0 fully saturated rings. The van der Waals surface area contributed by atoms with Gasteiger partial charge in [-0.15, -0.1) is 0 Å². The van der Waals surface area contributed by atoms with Crippen molar-refractivity contribution in [2.24, 2.45) is 5.73 Å². The molecule has 1 aromatic rings. The maximum Gasteiger partial charge on any atom is 0.405 e. The Hall–Kier alpha value is -1.92. The van der Waals surface area contributed by atoms with Gasteiger partial charge in [0.2, 0.25) is 5.91 Å². The summed E-state index contributed by atoms with van der Waals surface area (Å²) in [6.45, 7) is -1.19. The Morgan fingerprint density at radius 3 is 2.44 bits per heavy atom. The molecule has 0 radical (unpaired) electrons. The van der Waals surface area contributed by atoms with Crippen LogP contribution in [0.4, 0.5) is 24.5 Å². The van der Waals surface area contributed by atoms with Gasteiger partial charge >= 0.3 is 6.18 Å². The second-order valence-electron chi connectivity index (χ2n) is 3.14. The Bertz CT molecular complexity index is 403. The van der Waals surface area contributed by atoms with Crippen LogP contribution in [-0.2, 0) is 0 Å². The highest BCUT2D eigenvalue weighted by molar-refractivity contribution is 5.94. The number of hydrogen-bond donors (Lipinski definition) is 3. The number of primary amides is 1. The number of carbonyl (C=O) groups excluding carboxylic acids is 1. The SMILES string of the molecule is NC(=O)c1ccc(NCC(F)(F)F)c(N)c1. The summed E-state index contributed by atoms with van der Waals surface area (Å²) in [7, 11) is 0. The first-order valence-corrected chi connectivity index (χ1v) is 4.29. The van der Waals surface area contributed by atoms with Crippen LogP contribution in [0.3, 0.4) is 0 Å². The third kappa shape index (κ3) is 3.34. The number of carbonyl (C=O) groups is 1. The lowest BCUT2D eigenvalue weighted by Crippen LogP contribution is -2.22. The third-order valence-corrected chi connectivity index (χ3v) is 1.82. The third-order valence-electron chi connectivity index (χ3n) is 1.82. The van der Waals surface area contributed by atoms with Crippen LogP contribution in [0.1, 0.15) is 10.4 Å². The predicted octanol–water partition coefficient (Wildman–Crippen LogP) is 1.34. The minimum absolute atomic E-state index is 0.0422. The molecule has 1 aromatic carbocycles. The number of amides is 1. The molecule has 7 heteroatoms. The van der Waals surface area contributed by atoms with Crippen LogP contribution in [0.15, 0.2) is 18.2 Å². The monoisotopic (exact) mass is 233 g/mol. The summed E-state index contributed by atoms with van der Waals surface area (Å²) in [6, 6.07) is 3.81. The first-order chi connectivity index (χ1) is 7.29. The maximum atomic E-state index is 11.9. The minimum Gasteiger partial charge on any atom is -0.397 e. The second-order valence-corrected chi connectivity index (χ2v) is 3.14. The molecule has 5 N–H and O–H groups in total. The molecular weight excluding hydrogens is 223 g/mol. The van der Waals surface area contributed by atoms with E-state index in [1.54, 1.807) is 0 Å². The zero-order valence-electron chi connectivity index (χ0n) is 8.14. The van der Waals surface area contributed by atoms with Crippen LogP contribution in [0.2, 0.25) is 0 Å². The molecule has 88 valence electrons. The fourth-order valence-electron chi connectivity index (χ4n) is 1.07. The van der Waals surface area contributed by atoms with E-state index in [-0.39, 0.29) is 16.9 Å². The number of halogens is 3. The van der Waals surface area contributed by atoms with Gasteiger partial charge in [0.15, 0.2) is 0 Å². The minimum atomic E-state index is -4.32. The smallest absolute Gasteiger partial charge is 0.397 e. The van der Waals surface area contributed by atoms with E-state index in [0.29, 0.717) is 0 Å². The van der Waals surface area contributed by atoms with Crippen molar-refractivity contribution < 1.29 is 18.0 Å². The van der Waals surface area contributed by atoms with E-state index in [2.05, 4.69) is 5.32 Å². The number of nitrogen functional groups attached to an aromatic ring is 1.